The number of methoxy groups -OCH3 is 1. The maximum absolute atomic E-state index is 5.27. The van der Waals surface area contributed by atoms with E-state index in [2.05, 4.69) is 47.1 Å². The molecule has 0 bridgehead atoms. The van der Waals surface area contributed by atoms with Gasteiger partial charge in [0.2, 0.25) is 0 Å². The second-order valence-electron chi connectivity index (χ2n) is 3.79. The van der Waals surface area contributed by atoms with Gasteiger partial charge in [0.25, 0.3) is 0 Å². The maximum Gasteiger partial charge on any atom is 0.135 e. The number of imidazole rings is 1. The summed E-state index contributed by atoms with van der Waals surface area (Å²) >= 11 is 6.96. The van der Waals surface area contributed by atoms with E-state index < -0.39 is 0 Å². The second kappa shape index (κ2) is 5.75. The molecule has 2 aromatic rings. The fourth-order valence-electron chi connectivity index (χ4n) is 1.57. The summed E-state index contributed by atoms with van der Waals surface area (Å²) in [5, 5.41) is 3.33. The van der Waals surface area contributed by atoms with Crippen LogP contribution in [-0.2, 0) is 6.54 Å². The molecule has 0 unspecified atom stereocenters. The SMILES string of the molecule is COc1cc(NCc2nc[nH]c2C)c(Br)cc1Br. The number of nitrogens with one attached hydrogen (secondary N) is 2. The highest BCUT2D eigenvalue weighted by Crippen LogP contribution is 2.34. The van der Waals surface area contributed by atoms with Crippen molar-refractivity contribution in [1.29, 1.82) is 0 Å². The Morgan fingerprint density at radius 2 is 2.11 bits per heavy atom. The highest BCUT2D eigenvalue weighted by molar-refractivity contribution is 9.11. The number of benzene rings is 1. The van der Waals surface area contributed by atoms with E-state index >= 15 is 0 Å². The Morgan fingerprint density at radius 3 is 2.72 bits per heavy atom. The standard InChI is InChI=1S/C12H13Br2N3O/c1-7-11(17-6-16-7)5-15-10-4-12(18-2)9(14)3-8(10)13/h3-4,6,15H,5H2,1-2H3,(H,16,17). The number of nitrogens with zero attached hydrogens (tertiary/aromatic N) is 1. The van der Waals surface area contributed by atoms with Gasteiger partial charge in [-0.15, -0.1) is 0 Å². The molecular weight excluding hydrogens is 362 g/mol. The first kappa shape index (κ1) is 13.4. The Morgan fingerprint density at radius 1 is 1.33 bits per heavy atom. The predicted molar refractivity (Wildman–Crippen MR) is 79.0 cm³/mol. The summed E-state index contributed by atoms with van der Waals surface area (Å²) < 4.78 is 7.16. The number of hydrogen-bond donors (Lipinski definition) is 2. The van der Waals surface area contributed by atoms with Gasteiger partial charge in [-0.25, -0.2) is 4.98 Å². The molecule has 0 aliphatic carbocycles. The third kappa shape index (κ3) is 2.87. The maximum atomic E-state index is 5.27. The largest absolute Gasteiger partial charge is 0.495 e. The highest BCUT2D eigenvalue weighted by Gasteiger charge is 2.08. The number of H-pyrrole nitrogens is 1. The number of ether oxygens (including phenoxy) is 1. The molecule has 18 heavy (non-hydrogen) atoms. The van der Waals surface area contributed by atoms with Crippen LogP contribution in [0.1, 0.15) is 11.4 Å². The van der Waals surface area contributed by atoms with E-state index in [1.165, 1.54) is 0 Å². The zero-order valence-electron chi connectivity index (χ0n) is 10.1. The summed E-state index contributed by atoms with van der Waals surface area (Å²) in [7, 11) is 1.65. The zero-order chi connectivity index (χ0) is 13.1. The van der Waals surface area contributed by atoms with Gasteiger partial charge in [-0.2, -0.15) is 0 Å². The first-order chi connectivity index (χ1) is 8.61. The second-order valence-corrected chi connectivity index (χ2v) is 5.50. The predicted octanol–water partition coefficient (Wildman–Crippen LogP) is 3.86. The Kier molecular flexibility index (Phi) is 4.29. The lowest BCUT2D eigenvalue weighted by Gasteiger charge is -2.11. The molecule has 0 spiro atoms. The lowest BCUT2D eigenvalue weighted by Crippen LogP contribution is -2.02. The van der Waals surface area contributed by atoms with Crippen LogP contribution in [0.3, 0.4) is 0 Å². The van der Waals surface area contributed by atoms with Crippen LogP contribution in [0.5, 0.6) is 5.75 Å². The molecule has 1 aromatic carbocycles. The van der Waals surface area contributed by atoms with E-state index in [9.17, 15) is 0 Å². The molecule has 2 rings (SSSR count). The lowest BCUT2D eigenvalue weighted by molar-refractivity contribution is 0.412. The van der Waals surface area contributed by atoms with Crippen LogP contribution in [-0.4, -0.2) is 17.1 Å². The quantitative estimate of drug-likeness (QED) is 0.854. The molecule has 0 aliphatic heterocycles. The molecule has 0 saturated heterocycles. The van der Waals surface area contributed by atoms with Crippen LogP contribution < -0.4 is 10.1 Å². The number of rotatable bonds is 4. The summed E-state index contributed by atoms with van der Waals surface area (Å²) in [5.41, 5.74) is 3.05. The summed E-state index contributed by atoms with van der Waals surface area (Å²) in [4.78, 5) is 7.30. The number of aryl methyl sites for hydroxylation is 1. The molecule has 0 atom stereocenters. The molecule has 1 heterocycles. The summed E-state index contributed by atoms with van der Waals surface area (Å²) in [5.74, 6) is 0.791. The van der Waals surface area contributed by atoms with Crippen molar-refractivity contribution in [3.8, 4) is 5.75 Å². The van der Waals surface area contributed by atoms with E-state index in [0.29, 0.717) is 6.54 Å². The van der Waals surface area contributed by atoms with Gasteiger partial charge in [-0.3, -0.25) is 0 Å². The molecule has 0 amide bonds. The molecule has 4 nitrogen and oxygen atoms in total. The average Bonchev–Trinajstić information content (AvgIpc) is 2.74. The molecule has 0 radical (unpaired) electrons. The van der Waals surface area contributed by atoms with Crippen molar-refractivity contribution in [3.05, 3.63) is 38.8 Å². The Hall–Kier alpha value is -1.01. The molecular formula is C12H13Br2N3O. The normalized spacial score (nSPS) is 10.4. The van der Waals surface area contributed by atoms with E-state index in [0.717, 1.165) is 31.8 Å². The van der Waals surface area contributed by atoms with Crippen molar-refractivity contribution in [2.75, 3.05) is 12.4 Å². The van der Waals surface area contributed by atoms with Crippen LogP contribution in [0.15, 0.2) is 27.4 Å². The highest BCUT2D eigenvalue weighted by atomic mass is 79.9. The van der Waals surface area contributed by atoms with Crippen molar-refractivity contribution in [1.82, 2.24) is 9.97 Å². The van der Waals surface area contributed by atoms with Gasteiger partial charge in [0.15, 0.2) is 0 Å². The lowest BCUT2D eigenvalue weighted by atomic mass is 10.3. The first-order valence-electron chi connectivity index (χ1n) is 5.37. The number of hydrogen-bond acceptors (Lipinski definition) is 3. The van der Waals surface area contributed by atoms with Gasteiger partial charge in [-0.05, 0) is 44.8 Å². The van der Waals surface area contributed by atoms with Crippen LogP contribution in [0.2, 0.25) is 0 Å². The van der Waals surface area contributed by atoms with Gasteiger partial charge >= 0.3 is 0 Å². The fraction of sp³-hybridized carbons (Fsp3) is 0.250. The molecule has 96 valence electrons. The Balaban J connectivity index is 2.16. The molecule has 0 saturated carbocycles. The van der Waals surface area contributed by atoms with E-state index in [1.54, 1.807) is 13.4 Å². The fourth-order valence-corrected chi connectivity index (χ4v) is 2.86. The van der Waals surface area contributed by atoms with Crippen LogP contribution >= 0.6 is 31.9 Å². The number of halogens is 2. The minimum Gasteiger partial charge on any atom is -0.495 e. The Labute approximate surface area is 122 Å². The molecule has 0 aliphatic rings. The molecule has 6 heteroatoms. The molecule has 1 aromatic heterocycles. The average molecular weight is 375 g/mol. The van der Waals surface area contributed by atoms with Crippen LogP contribution in [0.25, 0.3) is 0 Å². The topological polar surface area (TPSA) is 49.9 Å². The summed E-state index contributed by atoms with van der Waals surface area (Å²) in [6, 6.07) is 3.90. The minimum atomic E-state index is 0.665. The van der Waals surface area contributed by atoms with Crippen molar-refractivity contribution in [2.24, 2.45) is 0 Å². The van der Waals surface area contributed by atoms with Gasteiger partial charge in [0.05, 0.1) is 35.8 Å². The number of anilines is 1. The number of aromatic amines is 1. The third-order valence-corrected chi connectivity index (χ3v) is 3.90. The van der Waals surface area contributed by atoms with Crippen LogP contribution in [0, 0.1) is 6.92 Å². The summed E-state index contributed by atoms with van der Waals surface area (Å²) in [6.07, 6.45) is 1.70. The van der Waals surface area contributed by atoms with Gasteiger partial charge < -0.3 is 15.0 Å². The minimum absolute atomic E-state index is 0.665. The van der Waals surface area contributed by atoms with Crippen molar-refractivity contribution < 1.29 is 4.74 Å². The van der Waals surface area contributed by atoms with Crippen molar-refractivity contribution >= 4 is 37.5 Å². The Bertz CT molecular complexity index is 554. The van der Waals surface area contributed by atoms with Gasteiger partial charge in [0.1, 0.15) is 5.75 Å². The summed E-state index contributed by atoms with van der Waals surface area (Å²) in [6.45, 7) is 2.67. The van der Waals surface area contributed by atoms with E-state index in [-0.39, 0.29) is 0 Å². The van der Waals surface area contributed by atoms with E-state index in [4.69, 9.17) is 4.74 Å². The molecule has 2 N–H and O–H groups in total. The number of aromatic nitrogens is 2. The van der Waals surface area contributed by atoms with Crippen LogP contribution in [0.4, 0.5) is 5.69 Å². The monoisotopic (exact) mass is 373 g/mol. The zero-order valence-corrected chi connectivity index (χ0v) is 13.2. The van der Waals surface area contributed by atoms with E-state index in [1.807, 2.05) is 19.1 Å². The smallest absolute Gasteiger partial charge is 0.135 e. The molecule has 0 fully saturated rings. The van der Waals surface area contributed by atoms with Crippen molar-refractivity contribution in [3.63, 3.8) is 0 Å². The van der Waals surface area contributed by atoms with Gasteiger partial charge in [0, 0.05) is 16.2 Å². The van der Waals surface area contributed by atoms with Gasteiger partial charge in [-0.1, -0.05) is 0 Å². The van der Waals surface area contributed by atoms with Crippen molar-refractivity contribution in [2.45, 2.75) is 13.5 Å². The first-order valence-corrected chi connectivity index (χ1v) is 6.96. The third-order valence-electron chi connectivity index (χ3n) is 2.62.